The quantitative estimate of drug-likeness (QED) is 0.722. The van der Waals surface area contributed by atoms with Crippen LogP contribution in [0.1, 0.15) is 28.8 Å². The summed E-state index contributed by atoms with van der Waals surface area (Å²) >= 11 is 1.85. The van der Waals surface area contributed by atoms with Gasteiger partial charge in [0.25, 0.3) is 5.91 Å². The topological polar surface area (TPSA) is 86.8 Å². The lowest BCUT2D eigenvalue weighted by atomic mass is 10.1. The van der Waals surface area contributed by atoms with Gasteiger partial charge in [-0.15, -0.1) is 0 Å². The van der Waals surface area contributed by atoms with Crippen molar-refractivity contribution in [1.29, 1.82) is 0 Å². The standard InChI is InChI=1S/C23H27N3O4S2/c1-17-16-18(23(28)25-12-14-31-15-13-25)9-10-20(17)24-22(27)21-8-5-11-26(21)32(29,30)19-6-3-2-4-7-19/h2-4,6-7,9-10,16,21H,5,8,11-15H2,1H3,(H,24,27). The van der Waals surface area contributed by atoms with E-state index in [1.807, 2.05) is 23.6 Å². The molecule has 0 aromatic heterocycles. The summed E-state index contributed by atoms with van der Waals surface area (Å²) in [4.78, 5) is 27.8. The number of aryl methyl sites for hydroxylation is 1. The van der Waals surface area contributed by atoms with E-state index in [1.54, 1.807) is 48.5 Å². The molecule has 9 heteroatoms. The van der Waals surface area contributed by atoms with E-state index in [0.717, 1.165) is 30.2 Å². The molecule has 2 aromatic carbocycles. The Hall–Kier alpha value is -2.36. The van der Waals surface area contributed by atoms with Gasteiger partial charge in [-0.05, 0) is 55.7 Å². The molecular weight excluding hydrogens is 446 g/mol. The van der Waals surface area contributed by atoms with Crippen molar-refractivity contribution in [3.05, 3.63) is 59.7 Å². The summed E-state index contributed by atoms with van der Waals surface area (Å²) in [7, 11) is -3.75. The van der Waals surface area contributed by atoms with Crippen LogP contribution in [-0.2, 0) is 14.8 Å². The van der Waals surface area contributed by atoms with Crippen LogP contribution in [0.2, 0.25) is 0 Å². The second-order valence-electron chi connectivity index (χ2n) is 8.01. The van der Waals surface area contributed by atoms with Crippen LogP contribution in [0.4, 0.5) is 5.69 Å². The number of sulfonamides is 1. The van der Waals surface area contributed by atoms with Crippen LogP contribution in [0, 0.1) is 6.92 Å². The Kier molecular flexibility index (Phi) is 6.88. The van der Waals surface area contributed by atoms with Gasteiger partial charge in [-0.25, -0.2) is 8.42 Å². The fourth-order valence-electron chi connectivity index (χ4n) is 4.12. The average Bonchev–Trinajstić information content (AvgIpc) is 3.32. The zero-order chi connectivity index (χ0) is 22.7. The maximum atomic E-state index is 13.0. The number of amides is 2. The van der Waals surface area contributed by atoms with E-state index in [0.29, 0.717) is 30.6 Å². The molecule has 2 fully saturated rings. The van der Waals surface area contributed by atoms with Gasteiger partial charge in [0.05, 0.1) is 4.90 Å². The number of hydrogen-bond acceptors (Lipinski definition) is 5. The van der Waals surface area contributed by atoms with E-state index in [9.17, 15) is 18.0 Å². The maximum absolute atomic E-state index is 13.0. The Morgan fingerprint density at radius 1 is 1.03 bits per heavy atom. The Labute approximate surface area is 193 Å². The Morgan fingerprint density at radius 2 is 1.75 bits per heavy atom. The molecule has 170 valence electrons. The molecule has 2 aromatic rings. The molecule has 0 spiro atoms. The molecule has 2 heterocycles. The molecule has 1 N–H and O–H groups in total. The van der Waals surface area contributed by atoms with Gasteiger partial charge < -0.3 is 10.2 Å². The van der Waals surface area contributed by atoms with Crippen molar-refractivity contribution in [2.45, 2.75) is 30.7 Å². The fourth-order valence-corrected chi connectivity index (χ4v) is 6.70. The molecule has 2 aliphatic heterocycles. The third-order valence-corrected chi connectivity index (χ3v) is 8.75. The first-order valence-corrected chi connectivity index (χ1v) is 13.3. The Bertz CT molecular complexity index is 1100. The highest BCUT2D eigenvalue weighted by Gasteiger charge is 2.39. The highest BCUT2D eigenvalue weighted by atomic mass is 32.2. The normalized spacial score (nSPS) is 19.7. The molecule has 7 nitrogen and oxygen atoms in total. The number of nitrogens with zero attached hydrogens (tertiary/aromatic N) is 2. The third-order valence-electron chi connectivity index (χ3n) is 5.89. The SMILES string of the molecule is Cc1cc(C(=O)N2CCSCC2)ccc1NC(=O)C1CCCN1S(=O)(=O)c1ccccc1. The van der Waals surface area contributed by atoms with E-state index in [-0.39, 0.29) is 16.7 Å². The number of rotatable bonds is 5. The minimum absolute atomic E-state index is 0.00204. The predicted molar refractivity (Wildman–Crippen MR) is 126 cm³/mol. The predicted octanol–water partition coefficient (Wildman–Crippen LogP) is 2.98. The Morgan fingerprint density at radius 3 is 2.44 bits per heavy atom. The lowest BCUT2D eigenvalue weighted by molar-refractivity contribution is -0.119. The van der Waals surface area contributed by atoms with Gasteiger partial charge in [0.15, 0.2) is 0 Å². The largest absolute Gasteiger partial charge is 0.337 e. The number of benzene rings is 2. The highest BCUT2D eigenvalue weighted by Crippen LogP contribution is 2.28. The zero-order valence-electron chi connectivity index (χ0n) is 18.0. The summed E-state index contributed by atoms with van der Waals surface area (Å²) in [5, 5.41) is 2.88. The molecule has 1 unspecified atom stereocenters. The molecule has 0 aliphatic carbocycles. The van der Waals surface area contributed by atoms with Gasteiger partial charge in [0, 0.05) is 42.4 Å². The summed E-state index contributed by atoms with van der Waals surface area (Å²) in [5.41, 5.74) is 1.96. The average molecular weight is 474 g/mol. The number of anilines is 1. The van der Waals surface area contributed by atoms with Crippen molar-refractivity contribution in [3.63, 3.8) is 0 Å². The van der Waals surface area contributed by atoms with Gasteiger partial charge in [0.2, 0.25) is 15.9 Å². The maximum Gasteiger partial charge on any atom is 0.253 e. The first kappa shape index (κ1) is 22.8. The number of hydrogen-bond donors (Lipinski definition) is 1. The van der Waals surface area contributed by atoms with Crippen LogP contribution in [0.3, 0.4) is 0 Å². The zero-order valence-corrected chi connectivity index (χ0v) is 19.6. The molecule has 2 amide bonds. The molecule has 0 radical (unpaired) electrons. The van der Waals surface area contributed by atoms with E-state index in [2.05, 4.69) is 5.32 Å². The van der Waals surface area contributed by atoms with Crippen molar-refractivity contribution in [2.24, 2.45) is 0 Å². The van der Waals surface area contributed by atoms with E-state index < -0.39 is 16.1 Å². The van der Waals surface area contributed by atoms with Crippen LogP contribution in [0.15, 0.2) is 53.4 Å². The van der Waals surface area contributed by atoms with Crippen LogP contribution in [-0.4, -0.2) is 66.6 Å². The number of carbonyl (C=O) groups is 2. The van der Waals surface area contributed by atoms with Gasteiger partial charge in [-0.1, -0.05) is 18.2 Å². The summed E-state index contributed by atoms with van der Waals surface area (Å²) in [6, 6.07) is 12.7. The van der Waals surface area contributed by atoms with Gasteiger partial charge in [0.1, 0.15) is 6.04 Å². The van der Waals surface area contributed by atoms with E-state index in [4.69, 9.17) is 0 Å². The minimum atomic E-state index is -3.75. The first-order valence-electron chi connectivity index (χ1n) is 10.7. The second-order valence-corrected chi connectivity index (χ2v) is 11.1. The Balaban J connectivity index is 1.48. The van der Waals surface area contributed by atoms with E-state index in [1.165, 1.54) is 4.31 Å². The van der Waals surface area contributed by atoms with Crippen LogP contribution >= 0.6 is 11.8 Å². The number of thioether (sulfide) groups is 1. The first-order chi connectivity index (χ1) is 15.4. The fraction of sp³-hybridized carbons (Fsp3) is 0.391. The molecule has 4 rings (SSSR count). The van der Waals surface area contributed by atoms with Gasteiger partial charge in [-0.2, -0.15) is 16.1 Å². The molecule has 2 saturated heterocycles. The number of nitrogens with one attached hydrogen (secondary N) is 1. The number of carbonyl (C=O) groups excluding carboxylic acids is 2. The second kappa shape index (κ2) is 9.64. The van der Waals surface area contributed by atoms with Gasteiger partial charge in [-0.3, -0.25) is 9.59 Å². The molecule has 32 heavy (non-hydrogen) atoms. The molecule has 0 bridgehead atoms. The van der Waals surface area contributed by atoms with Crippen molar-refractivity contribution in [3.8, 4) is 0 Å². The van der Waals surface area contributed by atoms with Crippen molar-refractivity contribution in [1.82, 2.24) is 9.21 Å². The lowest BCUT2D eigenvalue weighted by Gasteiger charge is -2.27. The smallest absolute Gasteiger partial charge is 0.253 e. The highest BCUT2D eigenvalue weighted by molar-refractivity contribution is 7.99. The molecule has 0 saturated carbocycles. The van der Waals surface area contributed by atoms with Crippen molar-refractivity contribution in [2.75, 3.05) is 36.5 Å². The van der Waals surface area contributed by atoms with Crippen LogP contribution in [0.25, 0.3) is 0 Å². The van der Waals surface area contributed by atoms with E-state index >= 15 is 0 Å². The molecule has 1 atom stereocenters. The monoisotopic (exact) mass is 473 g/mol. The van der Waals surface area contributed by atoms with Crippen LogP contribution in [0.5, 0.6) is 0 Å². The van der Waals surface area contributed by atoms with Crippen LogP contribution < -0.4 is 5.32 Å². The summed E-state index contributed by atoms with van der Waals surface area (Å²) in [5.74, 6) is 1.55. The summed E-state index contributed by atoms with van der Waals surface area (Å²) < 4.78 is 27.4. The van der Waals surface area contributed by atoms with Crippen molar-refractivity contribution < 1.29 is 18.0 Å². The lowest BCUT2D eigenvalue weighted by Crippen LogP contribution is -2.43. The molecule has 2 aliphatic rings. The third kappa shape index (κ3) is 4.69. The summed E-state index contributed by atoms with van der Waals surface area (Å²) in [6.45, 7) is 3.64. The minimum Gasteiger partial charge on any atom is -0.337 e. The summed E-state index contributed by atoms with van der Waals surface area (Å²) in [6.07, 6.45) is 1.10. The molecular formula is C23H27N3O4S2. The van der Waals surface area contributed by atoms with Gasteiger partial charge >= 0.3 is 0 Å². The van der Waals surface area contributed by atoms with Crippen molar-refractivity contribution >= 4 is 39.3 Å².